The molecule has 1 aromatic rings. The Morgan fingerprint density at radius 2 is 2.11 bits per heavy atom. The van der Waals surface area contributed by atoms with E-state index < -0.39 is 0 Å². The highest BCUT2D eigenvalue weighted by molar-refractivity contribution is 5.46. The minimum absolute atomic E-state index is 0.465. The van der Waals surface area contributed by atoms with Crippen LogP contribution in [0.15, 0.2) is 18.2 Å². The molecule has 100 valence electrons. The van der Waals surface area contributed by atoms with Crippen molar-refractivity contribution in [2.45, 2.75) is 39.3 Å². The number of benzene rings is 1. The Labute approximate surface area is 109 Å². The number of ether oxygens (including phenoxy) is 2. The van der Waals surface area contributed by atoms with E-state index in [1.54, 1.807) is 7.11 Å². The van der Waals surface area contributed by atoms with Gasteiger partial charge in [-0.05, 0) is 24.8 Å². The highest BCUT2D eigenvalue weighted by Crippen LogP contribution is 2.35. The van der Waals surface area contributed by atoms with Crippen LogP contribution in [0.5, 0.6) is 11.5 Å². The highest BCUT2D eigenvalue weighted by Gasteiger charge is 2.23. The van der Waals surface area contributed by atoms with Gasteiger partial charge in [0.05, 0.1) is 13.7 Å². The van der Waals surface area contributed by atoms with Gasteiger partial charge in [-0.3, -0.25) is 0 Å². The Morgan fingerprint density at radius 3 is 2.72 bits per heavy atom. The van der Waals surface area contributed by atoms with E-state index in [1.807, 2.05) is 12.1 Å². The van der Waals surface area contributed by atoms with Crippen molar-refractivity contribution in [2.75, 3.05) is 13.7 Å². The quantitative estimate of drug-likeness (QED) is 0.806. The minimum atomic E-state index is 0.465. The molecule has 0 spiro atoms. The summed E-state index contributed by atoms with van der Waals surface area (Å²) in [5.74, 6) is 2.49. The van der Waals surface area contributed by atoms with Crippen LogP contribution in [0.2, 0.25) is 0 Å². The van der Waals surface area contributed by atoms with Crippen LogP contribution >= 0.6 is 0 Å². The van der Waals surface area contributed by atoms with Gasteiger partial charge < -0.3 is 14.8 Å². The molecule has 0 amide bonds. The van der Waals surface area contributed by atoms with Crippen LogP contribution in [0.25, 0.3) is 0 Å². The van der Waals surface area contributed by atoms with Gasteiger partial charge >= 0.3 is 0 Å². The third kappa shape index (κ3) is 3.64. The molecule has 0 saturated heterocycles. The normalized spacial score (nSPS) is 14.9. The molecule has 1 saturated carbocycles. The van der Waals surface area contributed by atoms with E-state index >= 15 is 0 Å². The average Bonchev–Trinajstić information content (AvgIpc) is 3.17. The van der Waals surface area contributed by atoms with E-state index in [1.165, 1.54) is 18.4 Å². The Kier molecular flexibility index (Phi) is 4.48. The summed E-state index contributed by atoms with van der Waals surface area (Å²) in [4.78, 5) is 0. The summed E-state index contributed by atoms with van der Waals surface area (Å²) in [7, 11) is 1.69. The number of nitrogens with one attached hydrogen (secondary N) is 1. The van der Waals surface area contributed by atoms with Crippen LogP contribution in [-0.2, 0) is 6.54 Å². The highest BCUT2D eigenvalue weighted by atomic mass is 16.5. The second-order valence-corrected chi connectivity index (χ2v) is 5.24. The Hall–Kier alpha value is -1.22. The predicted molar refractivity (Wildman–Crippen MR) is 73.2 cm³/mol. The van der Waals surface area contributed by atoms with Crippen molar-refractivity contribution in [3.8, 4) is 11.5 Å². The lowest BCUT2D eigenvalue weighted by molar-refractivity contribution is 0.276. The molecular weight excluding hydrogens is 226 g/mol. The molecule has 1 N–H and O–H groups in total. The molecule has 1 aliphatic rings. The third-order valence-corrected chi connectivity index (χ3v) is 3.14. The van der Waals surface area contributed by atoms with Gasteiger partial charge in [0.1, 0.15) is 0 Å². The van der Waals surface area contributed by atoms with Crippen molar-refractivity contribution >= 4 is 0 Å². The molecule has 0 bridgehead atoms. The summed E-state index contributed by atoms with van der Waals surface area (Å²) in [6.07, 6.45) is 2.60. The van der Waals surface area contributed by atoms with E-state index in [9.17, 15) is 0 Å². The molecule has 3 nitrogen and oxygen atoms in total. The van der Waals surface area contributed by atoms with Crippen molar-refractivity contribution < 1.29 is 9.47 Å². The molecule has 0 radical (unpaired) electrons. The average molecular weight is 249 g/mol. The summed E-state index contributed by atoms with van der Waals surface area (Å²) < 4.78 is 11.3. The topological polar surface area (TPSA) is 30.5 Å². The zero-order chi connectivity index (χ0) is 13.0. The van der Waals surface area contributed by atoms with Gasteiger partial charge in [0.15, 0.2) is 11.5 Å². The monoisotopic (exact) mass is 249 g/mol. The van der Waals surface area contributed by atoms with Crippen molar-refractivity contribution in [3.05, 3.63) is 23.8 Å². The molecule has 0 atom stereocenters. The molecule has 1 aliphatic carbocycles. The molecular formula is C15H23NO2. The maximum absolute atomic E-state index is 5.95. The molecule has 2 rings (SSSR count). The van der Waals surface area contributed by atoms with Gasteiger partial charge in [-0.15, -0.1) is 0 Å². The molecule has 1 aromatic carbocycles. The zero-order valence-electron chi connectivity index (χ0n) is 11.5. The largest absolute Gasteiger partial charge is 0.493 e. The summed E-state index contributed by atoms with van der Waals surface area (Å²) in [5.41, 5.74) is 1.17. The molecule has 0 unspecified atom stereocenters. The van der Waals surface area contributed by atoms with Crippen LogP contribution in [0.4, 0.5) is 0 Å². The van der Waals surface area contributed by atoms with Gasteiger partial charge in [0.2, 0.25) is 0 Å². The number of para-hydroxylation sites is 1. The van der Waals surface area contributed by atoms with E-state index in [2.05, 4.69) is 25.2 Å². The first-order valence-corrected chi connectivity index (χ1v) is 6.72. The summed E-state index contributed by atoms with van der Waals surface area (Å²) in [6, 6.07) is 6.54. The van der Waals surface area contributed by atoms with E-state index in [4.69, 9.17) is 9.47 Å². The van der Waals surface area contributed by atoms with Crippen LogP contribution in [0, 0.1) is 5.92 Å². The van der Waals surface area contributed by atoms with Crippen molar-refractivity contribution in [3.63, 3.8) is 0 Å². The van der Waals surface area contributed by atoms with Crippen LogP contribution < -0.4 is 14.8 Å². The smallest absolute Gasteiger partial charge is 0.165 e. The SMILES string of the molecule is COc1cccc(CNC(C)C)c1OCC1CC1. The molecule has 1 fully saturated rings. The third-order valence-electron chi connectivity index (χ3n) is 3.14. The van der Waals surface area contributed by atoms with Crippen LogP contribution in [0.1, 0.15) is 32.3 Å². The van der Waals surface area contributed by atoms with E-state index in [-0.39, 0.29) is 0 Å². The second-order valence-electron chi connectivity index (χ2n) is 5.24. The fourth-order valence-electron chi connectivity index (χ4n) is 1.82. The lowest BCUT2D eigenvalue weighted by Gasteiger charge is -2.16. The van der Waals surface area contributed by atoms with Crippen molar-refractivity contribution in [1.29, 1.82) is 0 Å². The van der Waals surface area contributed by atoms with Crippen LogP contribution in [-0.4, -0.2) is 19.8 Å². The number of hydrogen-bond donors (Lipinski definition) is 1. The van der Waals surface area contributed by atoms with Gasteiger partial charge in [-0.25, -0.2) is 0 Å². The minimum Gasteiger partial charge on any atom is -0.493 e. The maximum Gasteiger partial charge on any atom is 0.165 e. The molecule has 3 heteroatoms. The van der Waals surface area contributed by atoms with E-state index in [0.717, 1.165) is 30.6 Å². The van der Waals surface area contributed by atoms with Crippen molar-refractivity contribution in [1.82, 2.24) is 5.32 Å². The summed E-state index contributed by atoms with van der Waals surface area (Å²) in [6.45, 7) is 5.92. The standard InChI is InChI=1S/C15H23NO2/c1-11(2)16-9-13-5-4-6-14(17-3)15(13)18-10-12-7-8-12/h4-6,11-12,16H,7-10H2,1-3H3. The van der Waals surface area contributed by atoms with Crippen LogP contribution in [0.3, 0.4) is 0 Å². The number of hydrogen-bond acceptors (Lipinski definition) is 3. The van der Waals surface area contributed by atoms with Crippen molar-refractivity contribution in [2.24, 2.45) is 5.92 Å². The van der Waals surface area contributed by atoms with Gasteiger partial charge in [-0.2, -0.15) is 0 Å². The second kappa shape index (κ2) is 6.10. The molecule has 0 aliphatic heterocycles. The zero-order valence-corrected chi connectivity index (χ0v) is 11.5. The Bertz CT molecular complexity index is 386. The summed E-state index contributed by atoms with van der Waals surface area (Å²) in [5, 5.41) is 3.42. The first-order chi connectivity index (χ1) is 8.70. The first-order valence-electron chi connectivity index (χ1n) is 6.72. The lowest BCUT2D eigenvalue weighted by atomic mass is 10.1. The number of methoxy groups -OCH3 is 1. The molecule has 18 heavy (non-hydrogen) atoms. The Balaban J connectivity index is 2.08. The van der Waals surface area contributed by atoms with E-state index in [0.29, 0.717) is 6.04 Å². The molecule has 0 aromatic heterocycles. The fourth-order valence-corrected chi connectivity index (χ4v) is 1.82. The Morgan fingerprint density at radius 1 is 1.33 bits per heavy atom. The van der Waals surface area contributed by atoms with Gasteiger partial charge in [-0.1, -0.05) is 26.0 Å². The number of rotatable bonds is 7. The van der Waals surface area contributed by atoms with Gasteiger partial charge in [0, 0.05) is 18.2 Å². The molecule has 0 heterocycles. The lowest BCUT2D eigenvalue weighted by Crippen LogP contribution is -2.22. The first kappa shape index (κ1) is 13.2. The predicted octanol–water partition coefficient (Wildman–Crippen LogP) is 2.98. The summed E-state index contributed by atoms with van der Waals surface area (Å²) >= 11 is 0. The fraction of sp³-hybridized carbons (Fsp3) is 0.600. The maximum atomic E-state index is 5.95. The van der Waals surface area contributed by atoms with Gasteiger partial charge in [0.25, 0.3) is 0 Å².